The standard InChI is InChI=1S/C7H8ClNO2S.C2H6/c1-3-11-6(10)5-4(2)12-7(8)9-5;1-2/h3H2,1-2H3;1-2H3. The molecule has 5 heteroatoms. The largest absolute Gasteiger partial charge is 0.461 e. The maximum absolute atomic E-state index is 11.1. The zero-order chi connectivity index (χ0) is 11.1. The van der Waals surface area contributed by atoms with Crippen molar-refractivity contribution in [3.8, 4) is 0 Å². The van der Waals surface area contributed by atoms with Gasteiger partial charge in [-0.1, -0.05) is 25.4 Å². The van der Waals surface area contributed by atoms with Gasteiger partial charge in [-0.2, -0.15) is 0 Å². The summed E-state index contributed by atoms with van der Waals surface area (Å²) in [5.74, 6) is -0.404. The van der Waals surface area contributed by atoms with E-state index in [0.29, 0.717) is 16.8 Å². The van der Waals surface area contributed by atoms with E-state index >= 15 is 0 Å². The van der Waals surface area contributed by atoms with Crippen molar-refractivity contribution >= 4 is 28.9 Å². The second-order valence-corrected chi connectivity index (χ2v) is 3.88. The summed E-state index contributed by atoms with van der Waals surface area (Å²) in [6.07, 6.45) is 0. The van der Waals surface area contributed by atoms with Crippen LogP contribution in [0.25, 0.3) is 0 Å². The van der Waals surface area contributed by atoms with E-state index in [1.165, 1.54) is 11.3 Å². The number of carbonyl (C=O) groups excluding carboxylic acids is 1. The summed E-state index contributed by atoms with van der Waals surface area (Å²) >= 11 is 6.89. The third kappa shape index (κ3) is 3.64. The highest BCUT2D eigenvalue weighted by atomic mass is 35.5. The Bertz CT molecular complexity index is 299. The van der Waals surface area contributed by atoms with Crippen molar-refractivity contribution in [2.24, 2.45) is 0 Å². The first-order chi connectivity index (χ1) is 6.65. The van der Waals surface area contributed by atoms with Crippen molar-refractivity contribution in [1.29, 1.82) is 0 Å². The van der Waals surface area contributed by atoms with Crippen molar-refractivity contribution in [1.82, 2.24) is 4.98 Å². The third-order valence-electron chi connectivity index (χ3n) is 1.24. The fraction of sp³-hybridized carbons (Fsp3) is 0.556. The zero-order valence-corrected chi connectivity index (χ0v) is 10.3. The van der Waals surface area contributed by atoms with Crippen LogP contribution < -0.4 is 0 Å². The maximum atomic E-state index is 11.1. The van der Waals surface area contributed by atoms with Crippen LogP contribution in [-0.4, -0.2) is 17.6 Å². The van der Waals surface area contributed by atoms with Gasteiger partial charge in [-0.15, -0.1) is 11.3 Å². The Hall–Kier alpha value is -0.610. The number of rotatable bonds is 2. The van der Waals surface area contributed by atoms with Crippen molar-refractivity contribution in [2.45, 2.75) is 27.7 Å². The lowest BCUT2D eigenvalue weighted by Gasteiger charge is -1.97. The normalized spacial score (nSPS) is 8.93. The quantitative estimate of drug-likeness (QED) is 0.739. The fourth-order valence-corrected chi connectivity index (χ4v) is 1.80. The Kier molecular flexibility index (Phi) is 6.49. The molecule has 0 aliphatic heterocycles. The number of hydrogen-bond acceptors (Lipinski definition) is 4. The van der Waals surface area contributed by atoms with Gasteiger partial charge in [-0.25, -0.2) is 9.78 Å². The van der Waals surface area contributed by atoms with E-state index in [1.54, 1.807) is 13.8 Å². The highest BCUT2D eigenvalue weighted by molar-refractivity contribution is 7.15. The molecule has 3 nitrogen and oxygen atoms in total. The molecule has 0 radical (unpaired) electrons. The molecule has 0 fully saturated rings. The van der Waals surface area contributed by atoms with Crippen molar-refractivity contribution in [3.05, 3.63) is 15.0 Å². The van der Waals surface area contributed by atoms with Gasteiger partial charge >= 0.3 is 5.97 Å². The molecule has 1 heterocycles. The van der Waals surface area contributed by atoms with Crippen LogP contribution >= 0.6 is 22.9 Å². The first-order valence-corrected chi connectivity index (χ1v) is 5.64. The minimum Gasteiger partial charge on any atom is -0.461 e. The van der Waals surface area contributed by atoms with Gasteiger partial charge in [0.1, 0.15) is 0 Å². The Labute approximate surface area is 93.1 Å². The highest BCUT2D eigenvalue weighted by Crippen LogP contribution is 2.21. The van der Waals surface area contributed by atoms with Crippen LogP contribution in [0.4, 0.5) is 0 Å². The fourth-order valence-electron chi connectivity index (χ4n) is 0.753. The van der Waals surface area contributed by atoms with Crippen LogP contribution in [0, 0.1) is 6.92 Å². The van der Waals surface area contributed by atoms with E-state index in [1.807, 2.05) is 13.8 Å². The van der Waals surface area contributed by atoms with E-state index in [-0.39, 0.29) is 0 Å². The molecule has 0 amide bonds. The average molecular weight is 236 g/mol. The minimum absolute atomic E-state index is 0.326. The molecule has 0 bridgehead atoms. The molecule has 1 aromatic heterocycles. The molecule has 0 atom stereocenters. The maximum Gasteiger partial charge on any atom is 0.358 e. The van der Waals surface area contributed by atoms with Gasteiger partial charge in [0, 0.05) is 4.88 Å². The first-order valence-electron chi connectivity index (χ1n) is 4.45. The molecule has 1 rings (SSSR count). The second-order valence-electron chi connectivity index (χ2n) is 2.09. The number of hydrogen-bond donors (Lipinski definition) is 0. The first kappa shape index (κ1) is 13.4. The lowest BCUT2D eigenvalue weighted by molar-refractivity contribution is 0.0519. The number of thiazole rings is 1. The molecule has 0 aliphatic rings. The van der Waals surface area contributed by atoms with Gasteiger partial charge in [-0.3, -0.25) is 0 Å². The average Bonchev–Trinajstić information content (AvgIpc) is 2.49. The van der Waals surface area contributed by atoms with E-state index < -0.39 is 5.97 Å². The van der Waals surface area contributed by atoms with Gasteiger partial charge < -0.3 is 4.74 Å². The SMILES string of the molecule is CC.CCOC(=O)c1nc(Cl)sc1C. The molecule has 0 unspecified atom stereocenters. The predicted molar refractivity (Wildman–Crippen MR) is 59.2 cm³/mol. The second kappa shape index (κ2) is 6.79. The van der Waals surface area contributed by atoms with E-state index in [4.69, 9.17) is 16.3 Å². The van der Waals surface area contributed by atoms with Gasteiger partial charge in [0.2, 0.25) is 0 Å². The summed E-state index contributed by atoms with van der Waals surface area (Å²) in [6.45, 7) is 7.89. The van der Waals surface area contributed by atoms with Crippen LogP contribution in [0.2, 0.25) is 4.47 Å². The van der Waals surface area contributed by atoms with Crippen LogP contribution in [0.5, 0.6) is 0 Å². The monoisotopic (exact) mass is 235 g/mol. The molecule has 1 aromatic rings. The molecule has 80 valence electrons. The molecule has 0 saturated carbocycles. The lowest BCUT2D eigenvalue weighted by Crippen LogP contribution is -2.06. The van der Waals surface area contributed by atoms with Crippen molar-refractivity contribution in [3.63, 3.8) is 0 Å². The summed E-state index contributed by atoms with van der Waals surface area (Å²) in [4.78, 5) is 15.8. The molecular weight excluding hydrogens is 222 g/mol. The lowest BCUT2D eigenvalue weighted by atomic mass is 10.4. The van der Waals surface area contributed by atoms with Crippen LogP contribution in [0.1, 0.15) is 36.1 Å². The van der Waals surface area contributed by atoms with Crippen molar-refractivity contribution in [2.75, 3.05) is 6.61 Å². The third-order valence-corrected chi connectivity index (χ3v) is 2.31. The number of carbonyl (C=O) groups is 1. The van der Waals surface area contributed by atoms with Crippen molar-refractivity contribution < 1.29 is 9.53 Å². The van der Waals surface area contributed by atoms with E-state index in [9.17, 15) is 4.79 Å². The molecule has 14 heavy (non-hydrogen) atoms. The molecule has 0 N–H and O–H groups in total. The Morgan fingerprint density at radius 2 is 2.14 bits per heavy atom. The number of halogens is 1. The van der Waals surface area contributed by atoms with Gasteiger partial charge in [0.05, 0.1) is 6.61 Å². The highest BCUT2D eigenvalue weighted by Gasteiger charge is 2.14. The number of nitrogens with zero attached hydrogens (tertiary/aromatic N) is 1. The number of ether oxygens (including phenoxy) is 1. The summed E-state index contributed by atoms with van der Waals surface area (Å²) in [6, 6.07) is 0. The van der Waals surface area contributed by atoms with Crippen LogP contribution in [0.3, 0.4) is 0 Å². The number of aromatic nitrogens is 1. The minimum atomic E-state index is -0.404. The molecule has 0 aliphatic carbocycles. The summed E-state index contributed by atoms with van der Waals surface area (Å²) in [5, 5.41) is 0. The molecular formula is C9H14ClNO2S. The van der Waals surface area contributed by atoms with Gasteiger partial charge in [-0.05, 0) is 13.8 Å². The van der Waals surface area contributed by atoms with Crippen LogP contribution in [-0.2, 0) is 4.74 Å². The summed E-state index contributed by atoms with van der Waals surface area (Å²) < 4.78 is 5.14. The Morgan fingerprint density at radius 1 is 1.57 bits per heavy atom. The molecule has 0 aromatic carbocycles. The van der Waals surface area contributed by atoms with E-state index in [0.717, 1.165) is 4.88 Å². The van der Waals surface area contributed by atoms with E-state index in [2.05, 4.69) is 4.98 Å². The topological polar surface area (TPSA) is 39.2 Å². The number of esters is 1. The Balaban J connectivity index is 0.000000791. The van der Waals surface area contributed by atoms with Gasteiger partial charge in [0.15, 0.2) is 10.2 Å². The van der Waals surface area contributed by atoms with Gasteiger partial charge in [0.25, 0.3) is 0 Å². The predicted octanol–water partition coefficient (Wildman–Crippen LogP) is 3.31. The number of aryl methyl sites for hydroxylation is 1. The van der Waals surface area contributed by atoms with Crippen LogP contribution in [0.15, 0.2) is 0 Å². The summed E-state index contributed by atoms with van der Waals surface area (Å²) in [5.41, 5.74) is 0.326. The Morgan fingerprint density at radius 3 is 2.50 bits per heavy atom. The summed E-state index contributed by atoms with van der Waals surface area (Å²) in [7, 11) is 0. The smallest absolute Gasteiger partial charge is 0.358 e. The molecule has 0 saturated heterocycles. The molecule has 0 spiro atoms. The zero-order valence-electron chi connectivity index (χ0n) is 8.76.